The lowest BCUT2D eigenvalue weighted by Crippen LogP contribution is -2.29. The van der Waals surface area contributed by atoms with Gasteiger partial charge < -0.3 is 15.2 Å². The minimum absolute atomic E-state index is 0.145. The Hall–Kier alpha value is -2.96. The standard InChI is InChI=1S/C15H15N3O4/c1-2-22-15-11(4-3-7-16-15)10-5-6-12(17-8-10)14(21)18-9-13(19)20/h3-8H,2,9H2,1H3,(H,18,21)(H,19,20). The highest BCUT2D eigenvalue weighted by molar-refractivity contribution is 5.94. The molecule has 7 heteroatoms. The number of pyridine rings is 2. The van der Waals surface area contributed by atoms with Crippen molar-refractivity contribution in [3.8, 4) is 17.0 Å². The van der Waals surface area contributed by atoms with E-state index < -0.39 is 18.4 Å². The Bertz CT molecular complexity index is 671. The maximum Gasteiger partial charge on any atom is 0.322 e. The van der Waals surface area contributed by atoms with Gasteiger partial charge in [-0.25, -0.2) is 4.98 Å². The lowest BCUT2D eigenvalue weighted by Gasteiger charge is -2.09. The zero-order valence-electron chi connectivity index (χ0n) is 11.9. The largest absolute Gasteiger partial charge is 0.480 e. The molecule has 0 aliphatic rings. The number of aromatic nitrogens is 2. The molecule has 114 valence electrons. The normalized spacial score (nSPS) is 10.0. The molecule has 0 aliphatic carbocycles. The summed E-state index contributed by atoms with van der Waals surface area (Å²) >= 11 is 0. The summed E-state index contributed by atoms with van der Waals surface area (Å²) in [5.41, 5.74) is 1.67. The first-order valence-electron chi connectivity index (χ1n) is 6.66. The average Bonchev–Trinajstić information content (AvgIpc) is 2.53. The molecule has 0 radical (unpaired) electrons. The number of carboxylic acids is 1. The van der Waals surface area contributed by atoms with Crippen LogP contribution in [0.15, 0.2) is 36.7 Å². The summed E-state index contributed by atoms with van der Waals surface area (Å²) in [6, 6.07) is 6.86. The first kappa shape index (κ1) is 15.4. The molecule has 2 N–H and O–H groups in total. The highest BCUT2D eigenvalue weighted by Gasteiger charge is 2.11. The Morgan fingerprint density at radius 1 is 1.27 bits per heavy atom. The van der Waals surface area contributed by atoms with Crippen LogP contribution < -0.4 is 10.1 Å². The van der Waals surface area contributed by atoms with E-state index in [1.54, 1.807) is 18.3 Å². The van der Waals surface area contributed by atoms with Gasteiger partial charge in [0.05, 0.1) is 6.61 Å². The van der Waals surface area contributed by atoms with Crippen LogP contribution in [-0.4, -0.2) is 40.1 Å². The van der Waals surface area contributed by atoms with Crippen LogP contribution in [-0.2, 0) is 4.79 Å². The van der Waals surface area contributed by atoms with Crippen molar-refractivity contribution in [2.75, 3.05) is 13.2 Å². The molecular formula is C15H15N3O4. The zero-order chi connectivity index (χ0) is 15.9. The summed E-state index contributed by atoms with van der Waals surface area (Å²) in [5.74, 6) is -1.15. The number of carbonyl (C=O) groups is 2. The number of rotatable bonds is 6. The number of nitrogens with one attached hydrogen (secondary N) is 1. The summed E-state index contributed by atoms with van der Waals surface area (Å²) in [7, 11) is 0. The van der Waals surface area contributed by atoms with E-state index in [9.17, 15) is 9.59 Å². The van der Waals surface area contributed by atoms with E-state index >= 15 is 0 Å². The van der Waals surface area contributed by atoms with Gasteiger partial charge in [0.2, 0.25) is 5.88 Å². The van der Waals surface area contributed by atoms with Crippen molar-refractivity contribution < 1.29 is 19.4 Å². The Labute approximate surface area is 127 Å². The zero-order valence-corrected chi connectivity index (χ0v) is 11.9. The number of carboxylic acid groups (broad SMARTS) is 1. The smallest absolute Gasteiger partial charge is 0.322 e. The number of hydrogen-bond acceptors (Lipinski definition) is 5. The van der Waals surface area contributed by atoms with E-state index in [-0.39, 0.29) is 5.69 Å². The van der Waals surface area contributed by atoms with Crippen molar-refractivity contribution in [2.24, 2.45) is 0 Å². The van der Waals surface area contributed by atoms with Crippen molar-refractivity contribution in [3.05, 3.63) is 42.4 Å². The molecule has 22 heavy (non-hydrogen) atoms. The monoisotopic (exact) mass is 301 g/mol. The number of aliphatic carboxylic acids is 1. The maximum atomic E-state index is 11.7. The van der Waals surface area contributed by atoms with E-state index in [0.717, 1.165) is 11.1 Å². The fraction of sp³-hybridized carbons (Fsp3) is 0.200. The minimum Gasteiger partial charge on any atom is -0.480 e. The molecule has 2 aromatic heterocycles. The second-order valence-electron chi connectivity index (χ2n) is 4.30. The van der Waals surface area contributed by atoms with E-state index in [0.29, 0.717) is 12.5 Å². The van der Waals surface area contributed by atoms with Crippen LogP contribution in [0.1, 0.15) is 17.4 Å². The third-order valence-electron chi connectivity index (χ3n) is 2.76. The van der Waals surface area contributed by atoms with E-state index in [2.05, 4.69) is 15.3 Å². The van der Waals surface area contributed by atoms with Crippen LogP contribution in [0, 0.1) is 0 Å². The molecule has 2 aromatic rings. The highest BCUT2D eigenvalue weighted by Crippen LogP contribution is 2.27. The van der Waals surface area contributed by atoms with Crippen LogP contribution in [0.5, 0.6) is 5.88 Å². The third-order valence-corrected chi connectivity index (χ3v) is 2.76. The SMILES string of the molecule is CCOc1ncccc1-c1ccc(C(=O)NCC(=O)O)nc1. The number of ether oxygens (including phenoxy) is 1. The van der Waals surface area contributed by atoms with Gasteiger partial charge in [0, 0.05) is 23.5 Å². The Morgan fingerprint density at radius 2 is 2.09 bits per heavy atom. The average molecular weight is 301 g/mol. The van der Waals surface area contributed by atoms with Crippen molar-refractivity contribution >= 4 is 11.9 Å². The number of amides is 1. The molecule has 0 saturated heterocycles. The third kappa shape index (κ3) is 3.78. The van der Waals surface area contributed by atoms with Crippen LogP contribution in [0.4, 0.5) is 0 Å². The van der Waals surface area contributed by atoms with E-state index in [1.807, 2.05) is 13.0 Å². The lowest BCUT2D eigenvalue weighted by atomic mass is 10.1. The lowest BCUT2D eigenvalue weighted by molar-refractivity contribution is -0.135. The van der Waals surface area contributed by atoms with E-state index in [1.165, 1.54) is 12.3 Å². The van der Waals surface area contributed by atoms with Crippen molar-refractivity contribution in [1.29, 1.82) is 0 Å². The summed E-state index contributed by atoms with van der Waals surface area (Å²) < 4.78 is 5.45. The topological polar surface area (TPSA) is 101 Å². The molecule has 0 aromatic carbocycles. The predicted molar refractivity (Wildman–Crippen MR) is 78.6 cm³/mol. The molecule has 1 amide bonds. The summed E-state index contributed by atoms with van der Waals surface area (Å²) in [5, 5.41) is 10.8. The number of nitrogens with zero attached hydrogens (tertiary/aromatic N) is 2. The van der Waals surface area contributed by atoms with Gasteiger partial charge in [0.1, 0.15) is 12.2 Å². The van der Waals surface area contributed by atoms with Crippen LogP contribution in [0.25, 0.3) is 11.1 Å². The molecule has 7 nitrogen and oxygen atoms in total. The molecule has 0 aliphatic heterocycles. The summed E-state index contributed by atoms with van der Waals surface area (Å²) in [4.78, 5) is 30.3. The molecule has 2 rings (SSSR count). The van der Waals surface area contributed by atoms with Gasteiger partial charge >= 0.3 is 5.97 Å². The Morgan fingerprint density at radius 3 is 2.73 bits per heavy atom. The van der Waals surface area contributed by atoms with Crippen molar-refractivity contribution in [1.82, 2.24) is 15.3 Å². The molecule has 2 heterocycles. The molecule has 0 bridgehead atoms. The first-order chi connectivity index (χ1) is 10.6. The Balaban J connectivity index is 2.18. The minimum atomic E-state index is -1.11. The van der Waals surface area contributed by atoms with Crippen LogP contribution in [0.3, 0.4) is 0 Å². The van der Waals surface area contributed by atoms with Gasteiger partial charge in [-0.2, -0.15) is 0 Å². The van der Waals surface area contributed by atoms with Gasteiger partial charge in [0.25, 0.3) is 5.91 Å². The van der Waals surface area contributed by atoms with Gasteiger partial charge in [-0.05, 0) is 25.1 Å². The van der Waals surface area contributed by atoms with Gasteiger partial charge in [-0.1, -0.05) is 6.07 Å². The maximum absolute atomic E-state index is 11.7. The molecule has 0 saturated carbocycles. The van der Waals surface area contributed by atoms with Crippen molar-refractivity contribution in [2.45, 2.75) is 6.92 Å². The number of hydrogen-bond donors (Lipinski definition) is 2. The molecule has 0 spiro atoms. The fourth-order valence-corrected chi connectivity index (χ4v) is 1.80. The van der Waals surface area contributed by atoms with Gasteiger partial charge in [0.15, 0.2) is 0 Å². The fourth-order valence-electron chi connectivity index (χ4n) is 1.80. The van der Waals surface area contributed by atoms with Crippen LogP contribution in [0.2, 0.25) is 0 Å². The Kier molecular flexibility index (Phi) is 5.02. The second-order valence-corrected chi connectivity index (χ2v) is 4.30. The second kappa shape index (κ2) is 7.16. The predicted octanol–water partition coefficient (Wildman–Crippen LogP) is 1.36. The highest BCUT2D eigenvalue weighted by atomic mass is 16.5. The van der Waals surface area contributed by atoms with E-state index in [4.69, 9.17) is 9.84 Å². The summed E-state index contributed by atoms with van der Waals surface area (Å²) in [6.45, 7) is 1.92. The first-order valence-corrected chi connectivity index (χ1v) is 6.66. The van der Waals surface area contributed by atoms with Gasteiger partial charge in [-0.3, -0.25) is 14.6 Å². The molecule has 0 atom stereocenters. The quantitative estimate of drug-likeness (QED) is 0.835. The molecular weight excluding hydrogens is 286 g/mol. The summed E-state index contributed by atoms with van der Waals surface area (Å²) in [6.07, 6.45) is 3.16. The van der Waals surface area contributed by atoms with Crippen LogP contribution >= 0.6 is 0 Å². The number of carbonyl (C=O) groups excluding carboxylic acids is 1. The molecule has 0 unspecified atom stereocenters. The van der Waals surface area contributed by atoms with Gasteiger partial charge in [-0.15, -0.1) is 0 Å². The van der Waals surface area contributed by atoms with Crippen molar-refractivity contribution in [3.63, 3.8) is 0 Å². The molecule has 0 fully saturated rings.